The van der Waals surface area contributed by atoms with Crippen molar-refractivity contribution in [2.24, 2.45) is 5.92 Å². The zero-order valence-corrected chi connectivity index (χ0v) is 24.7. The first kappa shape index (κ1) is 29.4. The summed E-state index contributed by atoms with van der Waals surface area (Å²) >= 11 is 0. The molecule has 1 saturated heterocycles. The Labute approximate surface area is 245 Å². The maximum atomic E-state index is 13.9. The number of hydrogen-bond donors (Lipinski definition) is 4. The zero-order valence-electron chi connectivity index (χ0n) is 24.7. The highest BCUT2D eigenvalue weighted by atomic mass is 19.1. The van der Waals surface area contributed by atoms with Crippen molar-refractivity contribution in [2.45, 2.75) is 65.3 Å². The van der Waals surface area contributed by atoms with Crippen molar-refractivity contribution < 1.29 is 18.8 Å². The first-order chi connectivity index (χ1) is 20.1. The number of aromatic nitrogens is 3. The molecule has 0 unspecified atom stereocenters. The third-order valence-electron chi connectivity index (χ3n) is 8.32. The summed E-state index contributed by atoms with van der Waals surface area (Å²) in [7, 11) is 2.00. The van der Waals surface area contributed by atoms with Crippen molar-refractivity contribution >= 4 is 34.9 Å². The van der Waals surface area contributed by atoms with Crippen molar-refractivity contribution in [3.8, 4) is 11.3 Å². The average molecular weight is 575 g/mol. The topological polar surface area (TPSA) is 123 Å². The van der Waals surface area contributed by atoms with Gasteiger partial charge < -0.3 is 25.5 Å². The van der Waals surface area contributed by atoms with Crippen LogP contribution in [0, 0.1) is 25.6 Å². The summed E-state index contributed by atoms with van der Waals surface area (Å²) < 4.78 is 13.9. The quantitative estimate of drug-likeness (QED) is 0.173. The number of unbranched alkanes of at least 4 members (excludes halogenated alkanes) is 2. The van der Waals surface area contributed by atoms with E-state index < -0.39 is 5.82 Å². The lowest BCUT2D eigenvalue weighted by Crippen LogP contribution is -2.52. The molecule has 3 aromatic rings. The second-order valence-corrected chi connectivity index (χ2v) is 11.5. The van der Waals surface area contributed by atoms with Gasteiger partial charge in [0.05, 0.1) is 29.4 Å². The van der Waals surface area contributed by atoms with Crippen LogP contribution in [0.25, 0.3) is 22.9 Å². The minimum absolute atomic E-state index is 0.0229. The Morgan fingerprint density at radius 2 is 1.98 bits per heavy atom. The van der Waals surface area contributed by atoms with E-state index in [0.29, 0.717) is 35.5 Å². The Morgan fingerprint density at radius 3 is 2.71 bits per heavy atom. The number of likely N-dealkylation sites (tertiary alicyclic amines) is 1. The first-order valence-electron chi connectivity index (χ1n) is 14.7. The van der Waals surface area contributed by atoms with E-state index in [1.165, 1.54) is 12.1 Å². The number of rotatable bonds is 12. The number of carbonyl (C=O) groups is 3. The largest absolute Gasteiger partial charge is 0.358 e. The van der Waals surface area contributed by atoms with Crippen LogP contribution in [0.3, 0.4) is 0 Å². The molecule has 9 nitrogen and oxygen atoms in total. The smallest absolute Gasteiger partial charge is 0.256 e. The average Bonchev–Trinajstić information content (AvgIpc) is 3.61. The van der Waals surface area contributed by atoms with Crippen LogP contribution in [0.1, 0.15) is 79.8 Å². The lowest BCUT2D eigenvalue weighted by molar-refractivity contribution is -0.130. The molecule has 0 bridgehead atoms. The Hall–Kier alpha value is -4.05. The van der Waals surface area contributed by atoms with Gasteiger partial charge in [-0.1, -0.05) is 19.8 Å². The molecular formula is C32H39FN6O3. The number of hydrogen-bond acceptors (Lipinski definition) is 5. The van der Waals surface area contributed by atoms with Crippen LogP contribution in [0.4, 0.5) is 10.1 Å². The van der Waals surface area contributed by atoms with Gasteiger partial charge in [-0.15, -0.1) is 0 Å². The van der Waals surface area contributed by atoms with Gasteiger partial charge in [0.1, 0.15) is 17.4 Å². The molecule has 2 aromatic heterocycles. The standard InChI is InChI=1S/C32H39FN6O3/c1-5-22(40)9-7-6-8-10-26(38-31(41)20-16-39(4)17-20)30-34-15-28(36-30)29-18(2)27(35-19(29)3)14-24-23-13-21(33)11-12-25(23)37-32(24)42/h11-15,20,26,35H,5-10,16-17H2,1-4H3,(H,34,36)(H,37,42)(H,38,41)/b24-14-/t26-/m0/s1. The van der Waals surface area contributed by atoms with Crippen LogP contribution in [0.15, 0.2) is 24.4 Å². The molecule has 2 aliphatic rings. The van der Waals surface area contributed by atoms with Crippen molar-refractivity contribution in [1.82, 2.24) is 25.2 Å². The van der Waals surface area contributed by atoms with E-state index in [0.717, 1.165) is 67.0 Å². The number of nitrogens with zero attached hydrogens (tertiary/aromatic N) is 2. The lowest BCUT2D eigenvalue weighted by atomic mass is 9.98. The van der Waals surface area contributed by atoms with E-state index in [1.807, 2.05) is 27.8 Å². The van der Waals surface area contributed by atoms with Crippen molar-refractivity contribution in [3.05, 3.63) is 58.6 Å². The van der Waals surface area contributed by atoms with Crippen LogP contribution in [0.2, 0.25) is 0 Å². The van der Waals surface area contributed by atoms with E-state index in [9.17, 15) is 18.8 Å². The first-order valence-corrected chi connectivity index (χ1v) is 14.7. The number of carbonyl (C=O) groups excluding carboxylic acids is 3. The normalized spacial score (nSPS) is 16.8. The SMILES string of the molecule is CCC(=O)CCCCC[C@H](NC(=O)C1CN(C)C1)c1ncc(-c2c(C)[nH]c(/C=C3\C(=O)Nc4ccc(F)cc43)c2C)[nH]1. The number of benzene rings is 1. The Bertz CT molecular complexity index is 1530. The second kappa shape index (κ2) is 12.4. The number of nitrogens with one attached hydrogen (secondary N) is 4. The monoisotopic (exact) mass is 574 g/mol. The van der Waals surface area contributed by atoms with Crippen molar-refractivity contribution in [2.75, 3.05) is 25.5 Å². The second-order valence-electron chi connectivity index (χ2n) is 11.5. The Kier molecular flexibility index (Phi) is 8.72. The van der Waals surface area contributed by atoms with Gasteiger partial charge in [0.2, 0.25) is 5.91 Å². The lowest BCUT2D eigenvalue weighted by Gasteiger charge is -2.35. The summed E-state index contributed by atoms with van der Waals surface area (Å²) in [5.74, 6) is 0.304. The zero-order chi connectivity index (χ0) is 30.0. The number of H-pyrrole nitrogens is 2. The van der Waals surface area contributed by atoms with Gasteiger partial charge in [-0.2, -0.15) is 0 Å². The van der Waals surface area contributed by atoms with Crippen LogP contribution < -0.4 is 10.6 Å². The Morgan fingerprint density at radius 1 is 1.19 bits per heavy atom. The number of amides is 2. The number of aryl methyl sites for hydroxylation is 1. The third-order valence-corrected chi connectivity index (χ3v) is 8.32. The fourth-order valence-corrected chi connectivity index (χ4v) is 5.87. The van der Waals surface area contributed by atoms with Gasteiger partial charge in [0, 0.05) is 54.1 Å². The maximum absolute atomic E-state index is 13.9. The summed E-state index contributed by atoms with van der Waals surface area (Å²) in [5, 5.41) is 6.01. The summed E-state index contributed by atoms with van der Waals surface area (Å²) in [4.78, 5) is 50.9. The van der Waals surface area contributed by atoms with Gasteiger partial charge in [-0.3, -0.25) is 14.4 Å². The van der Waals surface area contributed by atoms with Gasteiger partial charge in [-0.05, 0) is 63.6 Å². The van der Waals surface area contributed by atoms with Crippen LogP contribution in [0.5, 0.6) is 0 Å². The van der Waals surface area contributed by atoms with Crippen LogP contribution >= 0.6 is 0 Å². The van der Waals surface area contributed by atoms with E-state index in [4.69, 9.17) is 0 Å². The number of Topliss-reactive ketones (excluding diaryl/α,β-unsaturated/α-hetero) is 1. The predicted octanol–water partition coefficient (Wildman–Crippen LogP) is 5.30. The molecule has 0 spiro atoms. The molecular weight excluding hydrogens is 535 g/mol. The highest BCUT2D eigenvalue weighted by molar-refractivity contribution is 6.34. The number of aromatic amines is 2. The van der Waals surface area contributed by atoms with Gasteiger partial charge in [0.25, 0.3) is 5.91 Å². The molecule has 0 saturated carbocycles. The molecule has 4 heterocycles. The van der Waals surface area contributed by atoms with E-state index >= 15 is 0 Å². The molecule has 10 heteroatoms. The minimum Gasteiger partial charge on any atom is -0.358 e. The molecule has 0 aliphatic carbocycles. The minimum atomic E-state index is -0.401. The van der Waals surface area contributed by atoms with Crippen LogP contribution in [-0.2, 0) is 14.4 Å². The molecule has 2 amide bonds. The number of halogens is 1. The van der Waals surface area contributed by atoms with Gasteiger partial charge in [-0.25, -0.2) is 9.37 Å². The number of imidazole rings is 1. The van der Waals surface area contributed by atoms with Gasteiger partial charge in [0.15, 0.2) is 0 Å². The summed E-state index contributed by atoms with van der Waals surface area (Å²) in [6.45, 7) is 7.30. The molecule has 2 aliphatic heterocycles. The Balaban J connectivity index is 1.36. The van der Waals surface area contributed by atoms with Crippen molar-refractivity contribution in [1.29, 1.82) is 0 Å². The number of fused-ring (bicyclic) bond motifs is 1. The summed E-state index contributed by atoms with van der Waals surface area (Å²) in [5.41, 5.74) is 5.83. The number of ketones is 1. The third kappa shape index (κ3) is 6.23. The molecule has 42 heavy (non-hydrogen) atoms. The molecule has 1 atom stereocenters. The van der Waals surface area contributed by atoms with Crippen molar-refractivity contribution in [3.63, 3.8) is 0 Å². The molecule has 5 rings (SSSR count). The molecule has 1 fully saturated rings. The van der Waals surface area contributed by atoms with Crippen LogP contribution in [-0.4, -0.2) is 57.6 Å². The van der Waals surface area contributed by atoms with Gasteiger partial charge >= 0.3 is 0 Å². The summed E-state index contributed by atoms with van der Waals surface area (Å²) in [6.07, 6.45) is 8.04. The van der Waals surface area contributed by atoms with E-state index in [-0.39, 0.29) is 29.6 Å². The fourth-order valence-electron chi connectivity index (χ4n) is 5.87. The molecule has 4 N–H and O–H groups in total. The fraction of sp³-hybridized carbons (Fsp3) is 0.438. The number of anilines is 1. The summed E-state index contributed by atoms with van der Waals surface area (Å²) in [6, 6.07) is 3.99. The molecule has 1 aromatic carbocycles. The molecule has 222 valence electrons. The maximum Gasteiger partial charge on any atom is 0.256 e. The highest BCUT2D eigenvalue weighted by Gasteiger charge is 2.32. The van der Waals surface area contributed by atoms with E-state index in [1.54, 1.807) is 18.3 Å². The predicted molar refractivity (Wildman–Crippen MR) is 161 cm³/mol. The van der Waals surface area contributed by atoms with E-state index in [2.05, 4.69) is 30.5 Å². The molecule has 0 radical (unpaired) electrons. The highest BCUT2D eigenvalue weighted by Crippen LogP contribution is 2.36.